The topological polar surface area (TPSA) is 23.5 Å². The van der Waals surface area contributed by atoms with E-state index in [1.165, 1.54) is 12.0 Å². The van der Waals surface area contributed by atoms with Gasteiger partial charge in [0, 0.05) is 6.04 Å². The lowest BCUT2D eigenvalue weighted by Crippen LogP contribution is -2.36. The fourth-order valence-electron chi connectivity index (χ4n) is 2.27. The Labute approximate surface area is 85.7 Å². The van der Waals surface area contributed by atoms with Crippen LogP contribution in [0, 0.1) is 0 Å². The van der Waals surface area contributed by atoms with E-state index in [2.05, 4.69) is 29.1 Å². The summed E-state index contributed by atoms with van der Waals surface area (Å²) in [6, 6.07) is 10.9. The zero-order valence-electron chi connectivity index (χ0n) is 8.56. The maximum absolute atomic E-state index is 9.61. The van der Waals surface area contributed by atoms with Gasteiger partial charge >= 0.3 is 7.05 Å². The van der Waals surface area contributed by atoms with Crippen molar-refractivity contribution < 1.29 is 5.02 Å². The van der Waals surface area contributed by atoms with Gasteiger partial charge in [0.2, 0.25) is 0 Å². The largest absolute Gasteiger partial charge is 0.437 e. The van der Waals surface area contributed by atoms with Crippen LogP contribution >= 0.6 is 0 Å². The van der Waals surface area contributed by atoms with Gasteiger partial charge in [-0.25, -0.2) is 0 Å². The SMILES string of the molecule is CB(O)N1CCCC1c1ccccc1. The first-order valence-electron chi connectivity index (χ1n) is 5.28. The predicted octanol–water partition coefficient (Wildman–Crippen LogP) is 1.93. The molecule has 0 spiro atoms. The lowest BCUT2D eigenvalue weighted by atomic mass is 9.83. The second-order valence-electron chi connectivity index (χ2n) is 3.94. The van der Waals surface area contributed by atoms with E-state index >= 15 is 0 Å². The molecule has 1 N–H and O–H groups in total. The Morgan fingerprint density at radius 3 is 2.71 bits per heavy atom. The lowest BCUT2D eigenvalue weighted by Gasteiger charge is -2.25. The van der Waals surface area contributed by atoms with Gasteiger partial charge in [0.15, 0.2) is 0 Å². The second-order valence-corrected chi connectivity index (χ2v) is 3.94. The molecule has 2 nitrogen and oxygen atoms in total. The van der Waals surface area contributed by atoms with E-state index in [0.717, 1.165) is 13.0 Å². The Morgan fingerprint density at radius 2 is 2.07 bits per heavy atom. The quantitative estimate of drug-likeness (QED) is 0.718. The van der Waals surface area contributed by atoms with Gasteiger partial charge in [-0.1, -0.05) is 30.3 Å². The van der Waals surface area contributed by atoms with Crippen LogP contribution < -0.4 is 0 Å². The predicted molar refractivity (Wildman–Crippen MR) is 59.0 cm³/mol. The Balaban J connectivity index is 2.18. The Hall–Kier alpha value is -0.795. The van der Waals surface area contributed by atoms with Crippen molar-refractivity contribution in [2.24, 2.45) is 0 Å². The van der Waals surface area contributed by atoms with E-state index in [-0.39, 0.29) is 7.05 Å². The molecule has 0 aromatic heterocycles. The summed E-state index contributed by atoms with van der Waals surface area (Å²) in [6.07, 6.45) is 2.35. The molecule has 0 saturated carbocycles. The van der Waals surface area contributed by atoms with Gasteiger partial charge in [-0.05, 0) is 31.8 Å². The molecule has 3 heteroatoms. The fraction of sp³-hybridized carbons (Fsp3) is 0.455. The number of benzene rings is 1. The van der Waals surface area contributed by atoms with Gasteiger partial charge in [0.1, 0.15) is 0 Å². The molecule has 1 heterocycles. The van der Waals surface area contributed by atoms with Crippen molar-refractivity contribution in [2.75, 3.05) is 6.54 Å². The standard InChI is InChI=1S/C11H16BNO/c1-12(14)13-9-5-8-11(13)10-6-3-2-4-7-10/h2-4,6-7,11,14H,5,8-9H2,1H3. The third-order valence-corrected chi connectivity index (χ3v) is 2.96. The molecule has 0 amide bonds. The van der Waals surface area contributed by atoms with E-state index in [1.807, 2.05) is 12.9 Å². The van der Waals surface area contributed by atoms with Crippen molar-refractivity contribution in [3.8, 4) is 0 Å². The highest BCUT2D eigenvalue weighted by molar-refractivity contribution is 6.45. The number of nitrogens with zero attached hydrogens (tertiary/aromatic N) is 1. The van der Waals surface area contributed by atoms with Gasteiger partial charge in [-0.15, -0.1) is 0 Å². The normalized spacial score (nSPS) is 22.6. The van der Waals surface area contributed by atoms with Gasteiger partial charge in [0.05, 0.1) is 0 Å². The van der Waals surface area contributed by atoms with Crippen LogP contribution in [0.2, 0.25) is 6.82 Å². The average Bonchev–Trinajstić information content (AvgIpc) is 2.67. The number of hydrogen-bond donors (Lipinski definition) is 1. The summed E-state index contributed by atoms with van der Waals surface area (Å²) in [5.41, 5.74) is 1.32. The molecule has 0 aliphatic carbocycles. The average molecular weight is 189 g/mol. The molecule has 1 unspecified atom stereocenters. The molecule has 0 bridgehead atoms. The Bertz CT molecular complexity index is 289. The van der Waals surface area contributed by atoms with Crippen molar-refractivity contribution in [3.05, 3.63) is 35.9 Å². The number of rotatable bonds is 2. The molecule has 1 fully saturated rings. The molecule has 0 radical (unpaired) electrons. The summed E-state index contributed by atoms with van der Waals surface area (Å²) in [5.74, 6) is 0. The third-order valence-electron chi connectivity index (χ3n) is 2.96. The molecule has 1 aliphatic heterocycles. The van der Waals surface area contributed by atoms with Crippen molar-refractivity contribution >= 4 is 7.05 Å². The minimum absolute atomic E-state index is 0.331. The van der Waals surface area contributed by atoms with Gasteiger partial charge in [-0.3, -0.25) is 0 Å². The first-order chi connectivity index (χ1) is 6.79. The molecule has 1 aliphatic rings. The van der Waals surface area contributed by atoms with E-state index < -0.39 is 0 Å². The first-order valence-corrected chi connectivity index (χ1v) is 5.28. The summed E-state index contributed by atoms with van der Waals surface area (Å²) >= 11 is 0. The minimum atomic E-state index is -0.331. The molecular weight excluding hydrogens is 173 g/mol. The molecule has 1 saturated heterocycles. The smallest absolute Gasteiger partial charge is 0.376 e. The monoisotopic (exact) mass is 189 g/mol. The second kappa shape index (κ2) is 4.15. The van der Waals surface area contributed by atoms with Gasteiger partial charge < -0.3 is 9.83 Å². The van der Waals surface area contributed by atoms with Crippen LogP contribution in [-0.4, -0.2) is 23.4 Å². The highest BCUT2D eigenvalue weighted by atomic mass is 16.2. The Morgan fingerprint density at radius 1 is 1.36 bits per heavy atom. The van der Waals surface area contributed by atoms with E-state index in [0.29, 0.717) is 6.04 Å². The zero-order valence-corrected chi connectivity index (χ0v) is 8.56. The summed E-state index contributed by atoms with van der Waals surface area (Å²) in [7, 11) is -0.331. The van der Waals surface area contributed by atoms with Crippen LogP contribution in [0.5, 0.6) is 0 Å². The van der Waals surface area contributed by atoms with Crippen LogP contribution in [0.3, 0.4) is 0 Å². The maximum atomic E-state index is 9.61. The molecular formula is C11H16BNO. The molecule has 74 valence electrons. The van der Waals surface area contributed by atoms with Crippen LogP contribution in [0.25, 0.3) is 0 Å². The van der Waals surface area contributed by atoms with E-state index in [1.54, 1.807) is 0 Å². The maximum Gasteiger partial charge on any atom is 0.376 e. The third kappa shape index (κ3) is 1.84. The molecule has 1 aromatic carbocycles. The highest BCUT2D eigenvalue weighted by Crippen LogP contribution is 2.31. The highest BCUT2D eigenvalue weighted by Gasteiger charge is 2.30. The fourth-order valence-corrected chi connectivity index (χ4v) is 2.27. The van der Waals surface area contributed by atoms with Crippen molar-refractivity contribution in [1.82, 2.24) is 4.81 Å². The number of hydrogen-bond acceptors (Lipinski definition) is 2. The molecule has 1 aromatic rings. The van der Waals surface area contributed by atoms with Crippen molar-refractivity contribution in [1.29, 1.82) is 0 Å². The minimum Gasteiger partial charge on any atom is -0.437 e. The molecule has 14 heavy (non-hydrogen) atoms. The lowest BCUT2D eigenvalue weighted by molar-refractivity contribution is 0.351. The molecule has 2 rings (SSSR count). The van der Waals surface area contributed by atoms with Crippen LogP contribution in [0.1, 0.15) is 24.4 Å². The Kier molecular flexibility index (Phi) is 2.89. The summed E-state index contributed by atoms with van der Waals surface area (Å²) in [5, 5.41) is 9.61. The van der Waals surface area contributed by atoms with E-state index in [4.69, 9.17) is 0 Å². The van der Waals surface area contributed by atoms with Crippen LogP contribution in [0.15, 0.2) is 30.3 Å². The summed E-state index contributed by atoms with van der Waals surface area (Å²) in [6.45, 7) is 2.86. The van der Waals surface area contributed by atoms with Crippen molar-refractivity contribution in [3.63, 3.8) is 0 Å². The van der Waals surface area contributed by atoms with Gasteiger partial charge in [-0.2, -0.15) is 0 Å². The van der Waals surface area contributed by atoms with Crippen LogP contribution in [0.4, 0.5) is 0 Å². The first kappa shape index (κ1) is 9.75. The van der Waals surface area contributed by atoms with Crippen LogP contribution in [-0.2, 0) is 0 Å². The summed E-state index contributed by atoms with van der Waals surface area (Å²) in [4.78, 5) is 2.16. The van der Waals surface area contributed by atoms with E-state index in [9.17, 15) is 5.02 Å². The summed E-state index contributed by atoms with van der Waals surface area (Å²) < 4.78 is 0. The van der Waals surface area contributed by atoms with Gasteiger partial charge in [0.25, 0.3) is 0 Å². The zero-order chi connectivity index (χ0) is 9.97. The van der Waals surface area contributed by atoms with Crippen molar-refractivity contribution in [2.45, 2.75) is 25.7 Å². The molecule has 1 atom stereocenters.